The van der Waals surface area contributed by atoms with Gasteiger partial charge in [0, 0.05) is 43.1 Å². The van der Waals surface area contributed by atoms with Gasteiger partial charge in [0.2, 0.25) is 0 Å². The van der Waals surface area contributed by atoms with Crippen LogP contribution in [-0.4, -0.2) is 43.1 Å². The summed E-state index contributed by atoms with van der Waals surface area (Å²) in [6.45, 7) is 11.6. The van der Waals surface area contributed by atoms with E-state index in [9.17, 15) is 30.6 Å². The van der Waals surface area contributed by atoms with E-state index in [2.05, 4.69) is 21.1 Å². The van der Waals surface area contributed by atoms with E-state index in [0.717, 1.165) is 11.1 Å². The predicted octanol–water partition coefficient (Wildman–Crippen LogP) is 10.3. The quantitative estimate of drug-likeness (QED) is 0.0364. The molecule has 8 N–H and O–H groups in total. The second-order valence-corrected chi connectivity index (χ2v) is 15.2. The fourth-order valence-corrected chi connectivity index (χ4v) is 7.79. The molecule has 0 spiro atoms. The van der Waals surface area contributed by atoms with Crippen LogP contribution in [0.2, 0.25) is 10.0 Å². The Labute approximate surface area is 335 Å². The van der Waals surface area contributed by atoms with Crippen LogP contribution in [0.25, 0.3) is 32.7 Å². The van der Waals surface area contributed by atoms with Crippen LogP contribution in [-0.2, 0) is 13.1 Å². The molecule has 0 heterocycles. The lowest BCUT2D eigenvalue weighted by molar-refractivity contribution is 0.398. The van der Waals surface area contributed by atoms with Gasteiger partial charge in [-0.05, 0) is 70.8 Å². The van der Waals surface area contributed by atoms with E-state index in [0.29, 0.717) is 43.1 Å². The van der Waals surface area contributed by atoms with Crippen molar-refractivity contribution in [1.82, 2.24) is 10.9 Å². The van der Waals surface area contributed by atoms with Crippen LogP contribution in [0.3, 0.4) is 0 Å². The lowest BCUT2D eigenvalue weighted by atomic mass is 9.83. The normalized spacial score (nSPS) is 12.0. The lowest BCUT2D eigenvalue weighted by Crippen LogP contribution is -2.07. The average molecular weight is 796 g/mol. The van der Waals surface area contributed by atoms with Gasteiger partial charge in [-0.25, -0.2) is 0 Å². The number of fused-ring (bicyclic) bond motifs is 2. The van der Waals surface area contributed by atoms with Crippen molar-refractivity contribution in [2.75, 3.05) is 0 Å². The second kappa shape index (κ2) is 16.1. The number of nitrogens with zero attached hydrogens (tertiary/aromatic N) is 2. The first kappa shape index (κ1) is 39.8. The Morgan fingerprint density at radius 1 is 0.554 bits per heavy atom. The summed E-state index contributed by atoms with van der Waals surface area (Å²) >= 11 is 12.6. The third-order valence-corrected chi connectivity index (χ3v) is 10.8. The first-order valence-corrected chi connectivity index (χ1v) is 18.9. The number of nitrogens with one attached hydrogen (secondary N) is 2. The van der Waals surface area contributed by atoms with Gasteiger partial charge in [0.1, 0.15) is 11.5 Å². The number of phenols is 6. The minimum absolute atomic E-state index is 0.0484. The number of hydrazone groups is 2. The van der Waals surface area contributed by atoms with Crippen LogP contribution in [0.1, 0.15) is 84.0 Å². The predicted molar refractivity (Wildman–Crippen MR) is 226 cm³/mol. The molecule has 0 amide bonds. The van der Waals surface area contributed by atoms with Gasteiger partial charge < -0.3 is 41.5 Å². The summed E-state index contributed by atoms with van der Waals surface area (Å²) in [5, 5.41) is 81.2. The van der Waals surface area contributed by atoms with Crippen LogP contribution >= 0.6 is 23.2 Å². The number of halogens is 2. The van der Waals surface area contributed by atoms with Gasteiger partial charge in [-0.15, -0.1) is 0 Å². The molecule has 6 rings (SSSR count). The summed E-state index contributed by atoms with van der Waals surface area (Å²) in [5.74, 6) is -2.67. The summed E-state index contributed by atoms with van der Waals surface area (Å²) in [7, 11) is 0. The molecule has 0 unspecified atom stereocenters. The number of rotatable bonds is 11. The van der Waals surface area contributed by atoms with Crippen molar-refractivity contribution in [1.29, 1.82) is 0 Å². The smallest absolute Gasteiger partial charge is 0.167 e. The number of hydrogen-bond donors (Lipinski definition) is 8. The van der Waals surface area contributed by atoms with Gasteiger partial charge in [-0.2, -0.15) is 10.2 Å². The third kappa shape index (κ3) is 7.18. The van der Waals surface area contributed by atoms with Crippen molar-refractivity contribution in [3.8, 4) is 45.6 Å². The summed E-state index contributed by atoms with van der Waals surface area (Å²) < 4.78 is 0. The zero-order valence-corrected chi connectivity index (χ0v) is 33.3. The van der Waals surface area contributed by atoms with Gasteiger partial charge in [-0.1, -0.05) is 99.4 Å². The van der Waals surface area contributed by atoms with E-state index >= 15 is 0 Å². The standard InChI is InChI=1S/C44H44Cl2N4O6/c1-21(2)33-27-15-23(5)35(41(53)37(27)29(39(51)43(33)55)19-49-47-17-25-11-7-9-13-31(25)45)36-24(6)16-28-34(22(3)4)44(56)40(52)30(38(28)42(36)54)20-50-48-18-26-12-8-10-14-32(26)46/h7-16,19-22,47-48,51-56H,17-18H2,1-6H3/b49-19+,50-20+. The molecule has 0 aliphatic carbocycles. The molecule has 0 bridgehead atoms. The molecule has 0 saturated heterocycles. The Kier molecular flexibility index (Phi) is 11.5. The van der Waals surface area contributed by atoms with Gasteiger partial charge in [-0.3, -0.25) is 0 Å². The van der Waals surface area contributed by atoms with Crippen molar-refractivity contribution in [3.05, 3.63) is 115 Å². The first-order valence-electron chi connectivity index (χ1n) is 18.1. The molecule has 0 radical (unpaired) electrons. The highest BCUT2D eigenvalue weighted by molar-refractivity contribution is 6.31. The zero-order chi connectivity index (χ0) is 40.6. The molecule has 0 aliphatic heterocycles. The van der Waals surface area contributed by atoms with Crippen molar-refractivity contribution in [2.24, 2.45) is 10.2 Å². The van der Waals surface area contributed by atoms with Gasteiger partial charge in [0.05, 0.1) is 36.6 Å². The van der Waals surface area contributed by atoms with E-state index in [1.807, 2.05) is 64.1 Å². The van der Waals surface area contributed by atoms with Gasteiger partial charge in [0.25, 0.3) is 0 Å². The molecule has 0 fully saturated rings. The Hall–Kier alpha value is -5.84. The maximum atomic E-state index is 12.4. The monoisotopic (exact) mass is 794 g/mol. The van der Waals surface area contributed by atoms with Crippen molar-refractivity contribution in [3.63, 3.8) is 0 Å². The average Bonchev–Trinajstić information content (AvgIpc) is 3.14. The molecule has 0 aromatic heterocycles. The third-order valence-electron chi connectivity index (χ3n) is 10.0. The Bertz CT molecular complexity index is 2390. The molecule has 56 heavy (non-hydrogen) atoms. The molecule has 0 atom stereocenters. The van der Waals surface area contributed by atoms with E-state index in [1.165, 1.54) is 12.4 Å². The largest absolute Gasteiger partial charge is 0.507 e. The molecule has 10 nitrogen and oxygen atoms in total. The molecule has 12 heteroatoms. The van der Waals surface area contributed by atoms with E-state index in [4.69, 9.17) is 23.2 Å². The highest BCUT2D eigenvalue weighted by atomic mass is 35.5. The van der Waals surface area contributed by atoms with Crippen LogP contribution in [0.15, 0.2) is 70.9 Å². The number of aryl methyl sites for hydroxylation is 2. The summed E-state index contributed by atoms with van der Waals surface area (Å²) in [6, 6.07) is 18.2. The number of hydrogen-bond acceptors (Lipinski definition) is 10. The SMILES string of the molecule is Cc1cc2c(C(C)C)c(O)c(O)c(/C=N/NCc3ccccc3Cl)c2c(O)c1-c1c(C)cc2c(C(C)C)c(O)c(O)c(/C=N/NCc3ccccc3Cl)c2c1O. The lowest BCUT2D eigenvalue weighted by Gasteiger charge is -2.23. The van der Waals surface area contributed by atoms with Crippen LogP contribution in [0, 0.1) is 13.8 Å². The minimum Gasteiger partial charge on any atom is -0.507 e. The number of phenolic OH excluding ortho intramolecular Hbond substituents is 6. The van der Waals surface area contributed by atoms with Crippen LogP contribution in [0.5, 0.6) is 34.5 Å². The Morgan fingerprint density at radius 3 is 1.25 bits per heavy atom. The van der Waals surface area contributed by atoms with Crippen LogP contribution < -0.4 is 10.9 Å². The molecule has 6 aromatic carbocycles. The summed E-state index contributed by atoms with van der Waals surface area (Å²) in [6.07, 6.45) is 2.65. The maximum absolute atomic E-state index is 12.4. The fourth-order valence-electron chi connectivity index (χ4n) is 7.39. The minimum atomic E-state index is -0.473. The highest BCUT2D eigenvalue weighted by Gasteiger charge is 2.29. The van der Waals surface area contributed by atoms with Gasteiger partial charge in [0.15, 0.2) is 23.0 Å². The van der Waals surface area contributed by atoms with Crippen LogP contribution in [0.4, 0.5) is 0 Å². The molecule has 290 valence electrons. The van der Waals surface area contributed by atoms with Gasteiger partial charge >= 0.3 is 0 Å². The highest BCUT2D eigenvalue weighted by Crippen LogP contribution is 2.54. The molecule has 6 aromatic rings. The Balaban J connectivity index is 1.58. The first-order chi connectivity index (χ1) is 26.6. The summed E-state index contributed by atoms with van der Waals surface area (Å²) in [4.78, 5) is 0. The number of benzene rings is 6. The Morgan fingerprint density at radius 2 is 0.911 bits per heavy atom. The summed E-state index contributed by atoms with van der Waals surface area (Å²) in [5.41, 5.74) is 10.0. The molecular weight excluding hydrogens is 751 g/mol. The van der Waals surface area contributed by atoms with E-state index in [-0.39, 0.29) is 80.9 Å². The second-order valence-electron chi connectivity index (χ2n) is 14.4. The van der Waals surface area contributed by atoms with Crippen molar-refractivity contribution in [2.45, 2.75) is 66.5 Å². The molecular formula is C44H44Cl2N4O6. The number of aromatic hydroxyl groups is 6. The van der Waals surface area contributed by atoms with E-state index in [1.54, 1.807) is 38.1 Å². The van der Waals surface area contributed by atoms with Crippen molar-refractivity contribution < 1.29 is 30.6 Å². The molecule has 0 saturated carbocycles. The topological polar surface area (TPSA) is 170 Å². The maximum Gasteiger partial charge on any atom is 0.167 e. The zero-order valence-electron chi connectivity index (χ0n) is 31.8. The van der Waals surface area contributed by atoms with Crippen molar-refractivity contribution >= 4 is 57.2 Å². The van der Waals surface area contributed by atoms with E-state index < -0.39 is 11.5 Å². The molecule has 0 aliphatic rings. The fraction of sp³-hybridized carbons (Fsp3) is 0.227.